The van der Waals surface area contributed by atoms with Gasteiger partial charge in [-0.25, -0.2) is 4.98 Å². The van der Waals surface area contributed by atoms with Gasteiger partial charge in [0.1, 0.15) is 11.3 Å². The maximum absolute atomic E-state index is 5.92. The van der Waals surface area contributed by atoms with Gasteiger partial charge in [-0.05, 0) is 25.0 Å². The number of aromatic nitrogens is 4. The van der Waals surface area contributed by atoms with Gasteiger partial charge in [0, 0.05) is 26.6 Å². The molecule has 3 aromatic rings. The van der Waals surface area contributed by atoms with E-state index in [4.69, 9.17) is 9.15 Å². The average Bonchev–Trinajstić information content (AvgIpc) is 3.37. The van der Waals surface area contributed by atoms with Crippen LogP contribution in [0.25, 0.3) is 11.1 Å². The molecule has 2 aliphatic rings. The second-order valence-corrected chi connectivity index (χ2v) is 6.84. The van der Waals surface area contributed by atoms with Crippen molar-refractivity contribution in [3.63, 3.8) is 0 Å². The van der Waals surface area contributed by atoms with E-state index in [0.717, 1.165) is 61.0 Å². The molecule has 25 heavy (non-hydrogen) atoms. The van der Waals surface area contributed by atoms with Gasteiger partial charge >= 0.3 is 0 Å². The number of fused-ring (bicyclic) bond motifs is 2. The molecule has 130 valence electrons. The summed E-state index contributed by atoms with van der Waals surface area (Å²) in [5.74, 6) is 2.91. The maximum atomic E-state index is 5.92. The third-order valence-electron chi connectivity index (χ3n) is 5.31. The third kappa shape index (κ3) is 2.54. The molecule has 4 heterocycles. The van der Waals surface area contributed by atoms with Crippen LogP contribution in [-0.4, -0.2) is 44.4 Å². The Hall–Kier alpha value is -2.25. The Kier molecular flexibility index (Phi) is 3.57. The van der Waals surface area contributed by atoms with Gasteiger partial charge in [-0.1, -0.05) is 12.1 Å². The molecule has 2 atom stereocenters. The van der Waals surface area contributed by atoms with Gasteiger partial charge in [-0.15, -0.1) is 10.2 Å². The molecule has 0 N–H and O–H groups in total. The molecule has 2 aromatic heterocycles. The molecule has 5 rings (SSSR count). The van der Waals surface area contributed by atoms with Crippen molar-refractivity contribution < 1.29 is 9.15 Å². The summed E-state index contributed by atoms with van der Waals surface area (Å²) in [7, 11) is 1.78. The van der Waals surface area contributed by atoms with Crippen molar-refractivity contribution in [2.75, 3.05) is 13.7 Å². The van der Waals surface area contributed by atoms with Gasteiger partial charge in [-0.2, -0.15) is 0 Å². The smallest absolute Gasteiger partial charge is 0.209 e. The number of oxazole rings is 1. The Labute approximate surface area is 145 Å². The first kappa shape index (κ1) is 15.0. The van der Waals surface area contributed by atoms with E-state index in [1.54, 1.807) is 7.11 Å². The Balaban J connectivity index is 1.45. The minimum atomic E-state index is 0.194. The largest absolute Gasteiger partial charge is 0.439 e. The predicted molar refractivity (Wildman–Crippen MR) is 90.9 cm³/mol. The standard InChI is InChI=1S/C18H21N5O2/c1-24-12-9-14(18-21-20-16-7-4-8-23(16)18)22(10-12)11-17-19-13-5-2-3-6-15(13)25-17/h2-3,5-6,12,14H,4,7-11H2,1H3/t12-,14+/m1/s1. The summed E-state index contributed by atoms with van der Waals surface area (Å²) in [6.45, 7) is 2.52. The summed E-state index contributed by atoms with van der Waals surface area (Å²) < 4.78 is 13.8. The van der Waals surface area contributed by atoms with Crippen LogP contribution in [0.15, 0.2) is 28.7 Å². The van der Waals surface area contributed by atoms with Crippen molar-refractivity contribution >= 4 is 11.1 Å². The van der Waals surface area contributed by atoms with Gasteiger partial charge < -0.3 is 13.7 Å². The zero-order chi connectivity index (χ0) is 16.8. The van der Waals surface area contributed by atoms with Gasteiger partial charge in [0.2, 0.25) is 5.89 Å². The Morgan fingerprint density at radius 1 is 1.28 bits per heavy atom. The predicted octanol–water partition coefficient (Wildman–Crippen LogP) is 2.33. The lowest BCUT2D eigenvalue weighted by Crippen LogP contribution is -2.26. The highest BCUT2D eigenvalue weighted by Crippen LogP contribution is 2.35. The van der Waals surface area contributed by atoms with Crippen molar-refractivity contribution in [2.24, 2.45) is 0 Å². The highest BCUT2D eigenvalue weighted by Gasteiger charge is 2.38. The number of benzene rings is 1. The molecular weight excluding hydrogens is 318 g/mol. The first-order valence-corrected chi connectivity index (χ1v) is 8.85. The van der Waals surface area contributed by atoms with E-state index in [-0.39, 0.29) is 12.1 Å². The van der Waals surface area contributed by atoms with Crippen LogP contribution in [-0.2, 0) is 24.2 Å². The number of hydrogen-bond acceptors (Lipinski definition) is 6. The fourth-order valence-electron chi connectivity index (χ4n) is 4.06. The topological polar surface area (TPSA) is 69.2 Å². The first-order chi connectivity index (χ1) is 12.3. The molecule has 0 spiro atoms. The SMILES string of the molecule is CO[C@@H]1C[C@@H](c2nnc3n2CCC3)N(Cc2nc3ccccc3o2)C1. The lowest BCUT2D eigenvalue weighted by atomic mass is 10.2. The van der Waals surface area contributed by atoms with Crippen molar-refractivity contribution in [1.82, 2.24) is 24.6 Å². The Morgan fingerprint density at radius 2 is 2.20 bits per heavy atom. The minimum absolute atomic E-state index is 0.194. The van der Waals surface area contributed by atoms with Crippen LogP contribution in [0, 0.1) is 0 Å². The molecular formula is C18H21N5O2. The number of nitrogens with zero attached hydrogens (tertiary/aromatic N) is 5. The fourth-order valence-corrected chi connectivity index (χ4v) is 4.06. The number of aryl methyl sites for hydroxylation is 1. The van der Waals surface area contributed by atoms with E-state index >= 15 is 0 Å². The summed E-state index contributed by atoms with van der Waals surface area (Å²) in [6.07, 6.45) is 3.31. The van der Waals surface area contributed by atoms with E-state index in [1.165, 1.54) is 0 Å². The second kappa shape index (κ2) is 5.93. The zero-order valence-electron chi connectivity index (χ0n) is 14.3. The molecule has 7 heteroatoms. The molecule has 0 radical (unpaired) electrons. The van der Waals surface area contributed by atoms with Crippen LogP contribution in [0.5, 0.6) is 0 Å². The Morgan fingerprint density at radius 3 is 3.08 bits per heavy atom. The van der Waals surface area contributed by atoms with Gasteiger partial charge in [0.05, 0.1) is 18.7 Å². The maximum Gasteiger partial charge on any atom is 0.209 e. The summed E-state index contributed by atoms with van der Waals surface area (Å²) in [4.78, 5) is 6.98. The lowest BCUT2D eigenvalue weighted by Gasteiger charge is -2.22. The molecule has 0 aliphatic carbocycles. The first-order valence-electron chi connectivity index (χ1n) is 8.85. The number of ether oxygens (including phenoxy) is 1. The van der Waals surface area contributed by atoms with Gasteiger partial charge in [0.15, 0.2) is 11.4 Å². The van der Waals surface area contributed by atoms with E-state index in [9.17, 15) is 0 Å². The van der Waals surface area contributed by atoms with Gasteiger partial charge in [-0.3, -0.25) is 4.90 Å². The lowest BCUT2D eigenvalue weighted by molar-refractivity contribution is 0.106. The highest BCUT2D eigenvalue weighted by molar-refractivity contribution is 5.72. The second-order valence-electron chi connectivity index (χ2n) is 6.84. The number of para-hydroxylation sites is 2. The molecule has 0 unspecified atom stereocenters. The molecule has 1 fully saturated rings. The minimum Gasteiger partial charge on any atom is -0.439 e. The number of methoxy groups -OCH3 is 1. The van der Waals surface area contributed by atoms with E-state index in [2.05, 4.69) is 24.6 Å². The van der Waals surface area contributed by atoms with E-state index in [1.807, 2.05) is 24.3 Å². The van der Waals surface area contributed by atoms with Gasteiger partial charge in [0.25, 0.3) is 0 Å². The highest BCUT2D eigenvalue weighted by atomic mass is 16.5. The van der Waals surface area contributed by atoms with Crippen LogP contribution in [0.2, 0.25) is 0 Å². The Bertz CT molecular complexity index is 869. The van der Waals surface area contributed by atoms with Crippen LogP contribution in [0.3, 0.4) is 0 Å². The molecule has 2 aliphatic heterocycles. The zero-order valence-corrected chi connectivity index (χ0v) is 14.3. The molecule has 7 nitrogen and oxygen atoms in total. The fraction of sp³-hybridized carbons (Fsp3) is 0.500. The van der Waals surface area contributed by atoms with E-state index < -0.39 is 0 Å². The monoisotopic (exact) mass is 339 g/mol. The number of hydrogen-bond donors (Lipinski definition) is 0. The van der Waals surface area contributed by atoms with Crippen molar-refractivity contribution in [1.29, 1.82) is 0 Å². The molecule has 0 saturated carbocycles. The van der Waals surface area contributed by atoms with Crippen LogP contribution in [0.1, 0.15) is 36.4 Å². The van der Waals surface area contributed by atoms with Crippen molar-refractivity contribution in [2.45, 2.75) is 44.5 Å². The summed E-state index contributed by atoms with van der Waals surface area (Å²) in [5, 5.41) is 8.86. The molecule has 0 amide bonds. The van der Waals surface area contributed by atoms with Crippen molar-refractivity contribution in [3.8, 4) is 0 Å². The summed E-state index contributed by atoms with van der Waals surface area (Å²) in [5.41, 5.74) is 1.74. The summed E-state index contributed by atoms with van der Waals surface area (Å²) in [6, 6.07) is 8.08. The van der Waals surface area contributed by atoms with Crippen molar-refractivity contribution in [3.05, 3.63) is 41.8 Å². The third-order valence-corrected chi connectivity index (χ3v) is 5.31. The van der Waals surface area contributed by atoms with Crippen LogP contribution >= 0.6 is 0 Å². The van der Waals surface area contributed by atoms with E-state index in [0.29, 0.717) is 6.54 Å². The van der Waals surface area contributed by atoms with Crippen LogP contribution in [0.4, 0.5) is 0 Å². The quantitative estimate of drug-likeness (QED) is 0.727. The molecule has 1 saturated heterocycles. The van der Waals surface area contributed by atoms with Crippen LogP contribution < -0.4 is 0 Å². The number of likely N-dealkylation sites (tertiary alicyclic amines) is 1. The normalized spacial score (nSPS) is 23.6. The molecule has 1 aromatic carbocycles. The number of rotatable bonds is 4. The average molecular weight is 339 g/mol. The molecule has 0 bridgehead atoms. The summed E-state index contributed by atoms with van der Waals surface area (Å²) >= 11 is 0.